The van der Waals surface area contributed by atoms with E-state index in [1.165, 1.54) is 30.1 Å². The van der Waals surface area contributed by atoms with Gasteiger partial charge in [0.25, 0.3) is 5.69 Å². The summed E-state index contributed by atoms with van der Waals surface area (Å²) in [7, 11) is 0. The number of nitrogens with one attached hydrogen (secondary N) is 1. The Hall–Kier alpha value is -2.58. The summed E-state index contributed by atoms with van der Waals surface area (Å²) in [5.74, 6) is 0. The molecule has 23 heavy (non-hydrogen) atoms. The number of nitro groups is 1. The lowest BCUT2D eigenvalue weighted by Gasteiger charge is -2.06. The molecule has 7 nitrogen and oxygen atoms in total. The highest BCUT2D eigenvalue weighted by Crippen LogP contribution is 2.32. The van der Waals surface area contributed by atoms with E-state index < -0.39 is 11.0 Å². The fraction of sp³-hybridized carbons (Fsp3) is 0. The van der Waals surface area contributed by atoms with Crippen molar-refractivity contribution in [1.82, 2.24) is 5.43 Å². The molecule has 2 amide bonds. The highest BCUT2D eigenvalue weighted by atomic mass is 35.5. The summed E-state index contributed by atoms with van der Waals surface area (Å²) in [6, 6.07) is 10.7. The lowest BCUT2D eigenvalue weighted by molar-refractivity contribution is -0.384. The Labute approximate surface area is 140 Å². The molecule has 9 heteroatoms. The highest BCUT2D eigenvalue weighted by Gasteiger charge is 2.11. The smallest absolute Gasteiger partial charge is 0.332 e. The van der Waals surface area contributed by atoms with E-state index in [1.54, 1.807) is 18.2 Å². The summed E-state index contributed by atoms with van der Waals surface area (Å²) in [5.41, 5.74) is 7.38. The number of hydrogen-bond acceptors (Lipinski definition) is 5. The van der Waals surface area contributed by atoms with Crippen LogP contribution in [0.1, 0.15) is 5.56 Å². The van der Waals surface area contributed by atoms with E-state index in [1.807, 2.05) is 12.1 Å². The molecule has 0 aromatic heterocycles. The summed E-state index contributed by atoms with van der Waals surface area (Å²) >= 11 is 7.23. The molecule has 0 saturated heterocycles. The largest absolute Gasteiger partial charge is 0.350 e. The van der Waals surface area contributed by atoms with Gasteiger partial charge in [-0.05, 0) is 30.3 Å². The number of nitrogens with two attached hydrogens (primary N) is 1. The van der Waals surface area contributed by atoms with Gasteiger partial charge in [0.05, 0.1) is 11.1 Å². The Bertz CT molecular complexity index is 765. The first kappa shape index (κ1) is 16.8. The summed E-state index contributed by atoms with van der Waals surface area (Å²) in [6.07, 6.45) is 1.30. The van der Waals surface area contributed by atoms with Crippen molar-refractivity contribution in [2.45, 2.75) is 9.79 Å². The molecule has 0 aliphatic rings. The van der Waals surface area contributed by atoms with Gasteiger partial charge < -0.3 is 5.73 Å². The fourth-order valence-electron chi connectivity index (χ4n) is 1.64. The van der Waals surface area contributed by atoms with E-state index >= 15 is 0 Å². The van der Waals surface area contributed by atoms with Crippen LogP contribution in [-0.2, 0) is 0 Å². The molecule has 2 rings (SSSR count). The SMILES string of the molecule is NC(=O)NN=Cc1cc([N+](=O)[O-])ccc1Sc1ccc(Cl)cc1. The van der Waals surface area contributed by atoms with Gasteiger partial charge in [0.2, 0.25) is 0 Å². The Morgan fingerprint density at radius 1 is 1.30 bits per heavy atom. The standard InChI is InChI=1S/C14H11ClN4O3S/c15-10-1-4-12(5-2-10)23-13-6-3-11(19(21)22)7-9(13)8-17-18-14(16)20/h1-8H,(H3,16,18,20). The van der Waals surface area contributed by atoms with Crippen molar-refractivity contribution in [1.29, 1.82) is 0 Å². The number of carbonyl (C=O) groups excluding carboxylic acids is 1. The zero-order valence-corrected chi connectivity index (χ0v) is 13.2. The Kier molecular flexibility index (Phi) is 5.56. The van der Waals surface area contributed by atoms with Crippen molar-refractivity contribution in [3.05, 3.63) is 63.2 Å². The maximum absolute atomic E-state index is 10.9. The first-order chi connectivity index (χ1) is 11.0. The van der Waals surface area contributed by atoms with Crippen molar-refractivity contribution in [2.75, 3.05) is 0 Å². The molecule has 3 N–H and O–H groups in total. The normalized spacial score (nSPS) is 10.7. The van der Waals surface area contributed by atoms with E-state index in [2.05, 4.69) is 10.5 Å². The van der Waals surface area contributed by atoms with Crippen molar-refractivity contribution in [2.24, 2.45) is 10.8 Å². The molecule has 118 valence electrons. The first-order valence-electron chi connectivity index (χ1n) is 6.26. The molecule has 0 unspecified atom stereocenters. The van der Waals surface area contributed by atoms with Crippen molar-refractivity contribution in [3.63, 3.8) is 0 Å². The van der Waals surface area contributed by atoms with Gasteiger partial charge in [-0.15, -0.1) is 0 Å². The maximum atomic E-state index is 10.9. The number of primary amides is 1. The quantitative estimate of drug-likeness (QED) is 0.489. The van der Waals surface area contributed by atoms with Crippen LogP contribution in [0, 0.1) is 10.1 Å². The predicted molar refractivity (Wildman–Crippen MR) is 89.0 cm³/mol. The number of rotatable bonds is 5. The van der Waals surface area contributed by atoms with Crippen LogP contribution >= 0.6 is 23.4 Å². The van der Waals surface area contributed by atoms with Gasteiger partial charge in [0, 0.05) is 32.5 Å². The Balaban J connectivity index is 2.32. The number of hydrazone groups is 1. The Morgan fingerprint density at radius 3 is 2.61 bits per heavy atom. The van der Waals surface area contributed by atoms with Crippen LogP contribution in [0.4, 0.5) is 10.5 Å². The van der Waals surface area contributed by atoms with Crippen LogP contribution in [0.3, 0.4) is 0 Å². The molecular weight excluding hydrogens is 340 g/mol. The van der Waals surface area contributed by atoms with Gasteiger partial charge >= 0.3 is 6.03 Å². The lowest BCUT2D eigenvalue weighted by atomic mass is 10.2. The summed E-state index contributed by atoms with van der Waals surface area (Å²) in [6.45, 7) is 0. The van der Waals surface area contributed by atoms with Crippen LogP contribution in [0.25, 0.3) is 0 Å². The second-order valence-corrected chi connectivity index (χ2v) is 5.82. The van der Waals surface area contributed by atoms with Crippen molar-refractivity contribution < 1.29 is 9.72 Å². The van der Waals surface area contributed by atoms with E-state index in [0.29, 0.717) is 10.6 Å². The molecule has 0 atom stereocenters. The third kappa shape index (κ3) is 4.97. The number of non-ortho nitro benzene ring substituents is 1. The van der Waals surface area contributed by atoms with Crippen LogP contribution in [0.15, 0.2) is 57.4 Å². The van der Waals surface area contributed by atoms with Gasteiger partial charge in [-0.1, -0.05) is 23.4 Å². The predicted octanol–water partition coefficient (Wildman–Crippen LogP) is 3.40. The average molecular weight is 351 g/mol. The van der Waals surface area contributed by atoms with Gasteiger partial charge in [0.15, 0.2) is 0 Å². The topological polar surface area (TPSA) is 111 Å². The van der Waals surface area contributed by atoms with Crippen molar-refractivity contribution in [3.8, 4) is 0 Å². The highest BCUT2D eigenvalue weighted by molar-refractivity contribution is 7.99. The van der Waals surface area contributed by atoms with Crippen LogP contribution in [0.2, 0.25) is 5.02 Å². The summed E-state index contributed by atoms with van der Waals surface area (Å²) < 4.78 is 0. The van der Waals surface area contributed by atoms with Crippen LogP contribution < -0.4 is 11.2 Å². The van der Waals surface area contributed by atoms with Gasteiger partial charge in [-0.2, -0.15) is 5.10 Å². The third-order valence-electron chi connectivity index (χ3n) is 2.62. The molecule has 0 fully saturated rings. The van der Waals surface area contributed by atoms with E-state index in [-0.39, 0.29) is 5.69 Å². The van der Waals surface area contributed by atoms with Gasteiger partial charge in [-0.3, -0.25) is 10.1 Å². The van der Waals surface area contributed by atoms with Crippen LogP contribution in [-0.4, -0.2) is 17.2 Å². The number of halogens is 1. The molecule has 0 aliphatic carbocycles. The molecule has 0 heterocycles. The minimum atomic E-state index is -0.821. The number of nitro benzene ring substituents is 1. The third-order valence-corrected chi connectivity index (χ3v) is 3.98. The molecular formula is C14H11ClN4O3S. The summed E-state index contributed by atoms with van der Waals surface area (Å²) in [5, 5.41) is 15.2. The number of amides is 2. The molecule has 0 aliphatic heterocycles. The average Bonchev–Trinajstić information content (AvgIpc) is 2.50. The minimum absolute atomic E-state index is 0.0778. The zero-order valence-electron chi connectivity index (χ0n) is 11.6. The van der Waals surface area contributed by atoms with Crippen molar-refractivity contribution >= 4 is 41.3 Å². The molecule has 0 saturated carbocycles. The minimum Gasteiger partial charge on any atom is -0.350 e. The number of urea groups is 1. The van der Waals surface area contributed by atoms with E-state index in [0.717, 1.165) is 9.79 Å². The molecule has 2 aromatic carbocycles. The monoisotopic (exact) mass is 350 g/mol. The summed E-state index contributed by atoms with van der Waals surface area (Å²) in [4.78, 5) is 22.7. The lowest BCUT2D eigenvalue weighted by Crippen LogP contribution is -2.24. The number of hydrogen-bond donors (Lipinski definition) is 2. The van der Waals surface area contributed by atoms with E-state index in [9.17, 15) is 14.9 Å². The number of carbonyl (C=O) groups is 1. The molecule has 0 radical (unpaired) electrons. The second-order valence-electron chi connectivity index (χ2n) is 4.27. The number of nitrogens with zero attached hydrogens (tertiary/aromatic N) is 2. The fourth-order valence-corrected chi connectivity index (χ4v) is 2.66. The first-order valence-corrected chi connectivity index (χ1v) is 7.45. The zero-order chi connectivity index (χ0) is 16.8. The van der Waals surface area contributed by atoms with Gasteiger partial charge in [0.1, 0.15) is 0 Å². The van der Waals surface area contributed by atoms with Crippen LogP contribution in [0.5, 0.6) is 0 Å². The molecule has 2 aromatic rings. The van der Waals surface area contributed by atoms with Gasteiger partial charge in [-0.25, -0.2) is 10.2 Å². The van der Waals surface area contributed by atoms with E-state index in [4.69, 9.17) is 17.3 Å². The molecule has 0 bridgehead atoms. The second kappa shape index (κ2) is 7.61. The molecule has 0 spiro atoms. The Morgan fingerprint density at radius 2 is 2.00 bits per heavy atom. The maximum Gasteiger partial charge on any atom is 0.332 e. The number of benzene rings is 2.